The van der Waals surface area contributed by atoms with Gasteiger partial charge >= 0.3 is 0 Å². The van der Waals surface area contributed by atoms with Crippen molar-refractivity contribution < 1.29 is 4.74 Å². The smallest absolute Gasteiger partial charge is 0.120 e. The summed E-state index contributed by atoms with van der Waals surface area (Å²) in [6.07, 6.45) is 0.860. The molecule has 0 saturated carbocycles. The fourth-order valence-electron chi connectivity index (χ4n) is 1.64. The molecule has 2 nitrogen and oxygen atoms in total. The molecule has 2 N–H and O–H groups in total. The number of ether oxygens (including phenoxy) is 1. The first kappa shape index (κ1) is 13.0. The summed E-state index contributed by atoms with van der Waals surface area (Å²) in [5.74, 6) is 1.48. The van der Waals surface area contributed by atoms with Gasteiger partial charge in [0.15, 0.2) is 0 Å². The molecule has 1 rings (SSSR count). The van der Waals surface area contributed by atoms with Crippen molar-refractivity contribution in [1.82, 2.24) is 0 Å². The van der Waals surface area contributed by atoms with E-state index in [1.807, 2.05) is 12.1 Å². The Labute approximate surface area is 98.8 Å². The van der Waals surface area contributed by atoms with Crippen molar-refractivity contribution in [3.8, 4) is 5.75 Å². The zero-order valence-electron chi connectivity index (χ0n) is 10.8. The van der Waals surface area contributed by atoms with Crippen LogP contribution >= 0.6 is 0 Å². The van der Waals surface area contributed by atoms with Gasteiger partial charge in [-0.15, -0.1) is 0 Å². The van der Waals surface area contributed by atoms with E-state index < -0.39 is 0 Å². The predicted molar refractivity (Wildman–Crippen MR) is 68.9 cm³/mol. The highest BCUT2D eigenvalue weighted by Gasteiger charge is 2.18. The van der Waals surface area contributed by atoms with E-state index in [0.29, 0.717) is 12.5 Å². The Hall–Kier alpha value is -1.02. The zero-order valence-corrected chi connectivity index (χ0v) is 10.8. The van der Waals surface area contributed by atoms with Crippen LogP contribution in [0.3, 0.4) is 0 Å². The molecule has 1 aromatic rings. The summed E-state index contributed by atoms with van der Waals surface area (Å²) in [4.78, 5) is 0. The Kier molecular flexibility index (Phi) is 4.36. The van der Waals surface area contributed by atoms with E-state index in [0.717, 1.165) is 12.2 Å². The van der Waals surface area contributed by atoms with Crippen LogP contribution in [0.2, 0.25) is 0 Å². The zero-order chi connectivity index (χ0) is 12.2. The maximum atomic E-state index is 5.90. The molecule has 1 aromatic carbocycles. The summed E-state index contributed by atoms with van der Waals surface area (Å²) in [6.45, 7) is 9.16. The predicted octanol–water partition coefficient (Wildman–Crippen LogP) is 3.32. The number of hydrogen-bond donors (Lipinski definition) is 1. The van der Waals surface area contributed by atoms with Gasteiger partial charge in [0.25, 0.3) is 0 Å². The molecule has 0 aliphatic rings. The van der Waals surface area contributed by atoms with Crippen LogP contribution in [0, 0.1) is 0 Å². The molecule has 90 valence electrons. The SMILES string of the molecule is CC(C)c1ccc(OC(C)(C)CCN)cc1. The second kappa shape index (κ2) is 5.35. The second-order valence-electron chi connectivity index (χ2n) is 5.12. The lowest BCUT2D eigenvalue weighted by Gasteiger charge is -2.26. The number of benzene rings is 1. The third-order valence-electron chi connectivity index (χ3n) is 2.69. The van der Waals surface area contributed by atoms with Crippen LogP contribution < -0.4 is 10.5 Å². The molecule has 16 heavy (non-hydrogen) atoms. The molecule has 0 atom stereocenters. The molecule has 0 spiro atoms. The number of hydrogen-bond acceptors (Lipinski definition) is 2. The molecule has 0 aliphatic heterocycles. The van der Waals surface area contributed by atoms with Crippen molar-refractivity contribution in [2.24, 2.45) is 5.73 Å². The summed E-state index contributed by atoms with van der Waals surface area (Å²) in [5, 5.41) is 0. The van der Waals surface area contributed by atoms with Gasteiger partial charge in [0.1, 0.15) is 11.4 Å². The van der Waals surface area contributed by atoms with Gasteiger partial charge in [0.2, 0.25) is 0 Å². The molecular formula is C14H23NO. The Morgan fingerprint density at radius 3 is 2.19 bits per heavy atom. The molecule has 0 fully saturated rings. The lowest BCUT2D eigenvalue weighted by Crippen LogP contribution is -2.31. The van der Waals surface area contributed by atoms with Crippen LogP contribution in [0.1, 0.15) is 45.6 Å². The Bertz CT molecular complexity index is 314. The monoisotopic (exact) mass is 221 g/mol. The molecule has 0 aliphatic carbocycles. The van der Waals surface area contributed by atoms with Gasteiger partial charge in [0, 0.05) is 0 Å². The van der Waals surface area contributed by atoms with Gasteiger partial charge in [-0.25, -0.2) is 0 Å². The van der Waals surface area contributed by atoms with Crippen LogP contribution in [-0.4, -0.2) is 12.1 Å². The summed E-state index contributed by atoms with van der Waals surface area (Å²) in [6, 6.07) is 8.32. The minimum atomic E-state index is -0.186. The number of nitrogens with two attached hydrogens (primary N) is 1. The first-order valence-corrected chi connectivity index (χ1v) is 5.93. The Morgan fingerprint density at radius 1 is 1.19 bits per heavy atom. The minimum absolute atomic E-state index is 0.186. The maximum absolute atomic E-state index is 5.90. The third-order valence-corrected chi connectivity index (χ3v) is 2.69. The molecule has 2 heteroatoms. The topological polar surface area (TPSA) is 35.2 Å². The summed E-state index contributed by atoms with van der Waals surface area (Å²) in [5.41, 5.74) is 6.70. The first-order chi connectivity index (χ1) is 7.44. The largest absolute Gasteiger partial charge is 0.488 e. The van der Waals surface area contributed by atoms with Crippen LogP contribution in [0.5, 0.6) is 5.75 Å². The lowest BCUT2D eigenvalue weighted by molar-refractivity contribution is 0.102. The van der Waals surface area contributed by atoms with Gasteiger partial charge < -0.3 is 10.5 Å². The van der Waals surface area contributed by atoms with Gasteiger partial charge in [-0.2, -0.15) is 0 Å². The summed E-state index contributed by atoms with van der Waals surface area (Å²) >= 11 is 0. The van der Waals surface area contributed by atoms with Crippen molar-refractivity contribution in [3.63, 3.8) is 0 Å². The summed E-state index contributed by atoms with van der Waals surface area (Å²) in [7, 11) is 0. The first-order valence-electron chi connectivity index (χ1n) is 5.93. The van der Waals surface area contributed by atoms with Crippen LogP contribution in [0.25, 0.3) is 0 Å². The van der Waals surface area contributed by atoms with Crippen molar-refractivity contribution in [2.75, 3.05) is 6.54 Å². The van der Waals surface area contributed by atoms with Crippen molar-refractivity contribution >= 4 is 0 Å². The molecular weight excluding hydrogens is 198 g/mol. The van der Waals surface area contributed by atoms with Crippen molar-refractivity contribution in [2.45, 2.75) is 45.6 Å². The fourth-order valence-corrected chi connectivity index (χ4v) is 1.64. The van der Waals surface area contributed by atoms with Gasteiger partial charge in [0.05, 0.1) is 0 Å². The normalized spacial score (nSPS) is 11.9. The highest BCUT2D eigenvalue weighted by molar-refractivity contribution is 5.29. The Balaban J connectivity index is 2.68. The second-order valence-corrected chi connectivity index (χ2v) is 5.12. The standard InChI is InChI=1S/C14H23NO/c1-11(2)12-5-7-13(8-6-12)16-14(3,4)9-10-15/h5-8,11H,9-10,15H2,1-4H3. The van der Waals surface area contributed by atoms with E-state index in [1.165, 1.54) is 5.56 Å². The third kappa shape index (κ3) is 3.86. The molecule has 0 saturated heterocycles. The quantitative estimate of drug-likeness (QED) is 0.828. The molecule has 0 unspecified atom stereocenters. The van der Waals surface area contributed by atoms with E-state index in [2.05, 4.69) is 39.8 Å². The highest BCUT2D eigenvalue weighted by atomic mass is 16.5. The van der Waals surface area contributed by atoms with E-state index in [-0.39, 0.29) is 5.60 Å². The van der Waals surface area contributed by atoms with E-state index in [1.54, 1.807) is 0 Å². The lowest BCUT2D eigenvalue weighted by atomic mass is 10.0. The Morgan fingerprint density at radius 2 is 1.75 bits per heavy atom. The molecule has 0 amide bonds. The van der Waals surface area contributed by atoms with Gasteiger partial charge in [-0.1, -0.05) is 26.0 Å². The van der Waals surface area contributed by atoms with Gasteiger partial charge in [-0.3, -0.25) is 0 Å². The van der Waals surface area contributed by atoms with E-state index in [4.69, 9.17) is 10.5 Å². The average Bonchev–Trinajstić information content (AvgIpc) is 2.17. The minimum Gasteiger partial charge on any atom is -0.488 e. The van der Waals surface area contributed by atoms with Crippen molar-refractivity contribution in [1.29, 1.82) is 0 Å². The van der Waals surface area contributed by atoms with Gasteiger partial charge in [-0.05, 0) is 50.4 Å². The van der Waals surface area contributed by atoms with E-state index in [9.17, 15) is 0 Å². The number of rotatable bonds is 5. The van der Waals surface area contributed by atoms with E-state index >= 15 is 0 Å². The van der Waals surface area contributed by atoms with Crippen LogP contribution in [0.15, 0.2) is 24.3 Å². The highest BCUT2D eigenvalue weighted by Crippen LogP contribution is 2.23. The van der Waals surface area contributed by atoms with Crippen LogP contribution in [0.4, 0.5) is 0 Å². The van der Waals surface area contributed by atoms with Crippen molar-refractivity contribution in [3.05, 3.63) is 29.8 Å². The average molecular weight is 221 g/mol. The molecule has 0 aromatic heterocycles. The molecule has 0 heterocycles. The van der Waals surface area contributed by atoms with Crippen LogP contribution in [-0.2, 0) is 0 Å². The molecule has 0 bridgehead atoms. The maximum Gasteiger partial charge on any atom is 0.120 e. The molecule has 0 radical (unpaired) electrons. The fraction of sp³-hybridized carbons (Fsp3) is 0.571. The summed E-state index contributed by atoms with van der Waals surface area (Å²) < 4.78 is 5.90.